The molecule has 1 spiro atoms. The Morgan fingerprint density at radius 1 is 1.25 bits per heavy atom. The molecule has 1 aromatic heterocycles. The Kier molecular flexibility index (Phi) is 6.11. The Labute approximate surface area is 187 Å². The number of ether oxygens (including phenoxy) is 2. The van der Waals surface area contributed by atoms with Gasteiger partial charge in [-0.3, -0.25) is 14.6 Å². The first-order chi connectivity index (χ1) is 15.2. The van der Waals surface area contributed by atoms with Crippen LogP contribution < -0.4 is 4.74 Å². The summed E-state index contributed by atoms with van der Waals surface area (Å²) < 4.78 is 25.5. The monoisotopic (exact) mass is 438 g/mol. The predicted octanol–water partition coefficient (Wildman–Crippen LogP) is 4.32. The maximum Gasteiger partial charge on any atom is 0.255 e. The molecule has 1 aromatic carbocycles. The Balaban J connectivity index is 1.44. The van der Waals surface area contributed by atoms with Crippen LogP contribution in [-0.4, -0.2) is 46.6 Å². The zero-order valence-corrected chi connectivity index (χ0v) is 18.6. The molecule has 1 aliphatic heterocycles. The van der Waals surface area contributed by atoms with E-state index < -0.39 is 11.4 Å². The van der Waals surface area contributed by atoms with Crippen molar-refractivity contribution in [1.82, 2.24) is 9.88 Å². The van der Waals surface area contributed by atoms with Crippen molar-refractivity contribution >= 4 is 17.3 Å². The highest BCUT2D eigenvalue weighted by Gasteiger charge is 2.42. The lowest BCUT2D eigenvalue weighted by Gasteiger charge is -2.43. The minimum atomic E-state index is -0.685. The Bertz CT molecular complexity index is 1070. The van der Waals surface area contributed by atoms with Gasteiger partial charge < -0.3 is 14.4 Å². The Morgan fingerprint density at radius 3 is 2.72 bits per heavy atom. The van der Waals surface area contributed by atoms with Crippen LogP contribution in [0.5, 0.6) is 5.75 Å². The lowest BCUT2D eigenvalue weighted by Crippen LogP contribution is -2.50. The molecule has 7 heteroatoms. The fraction of sp³-hybridized carbons (Fsp3) is 0.400. The van der Waals surface area contributed by atoms with Gasteiger partial charge in [0.25, 0.3) is 5.91 Å². The largest absolute Gasteiger partial charge is 0.491 e. The van der Waals surface area contributed by atoms with Crippen molar-refractivity contribution in [3.05, 3.63) is 65.2 Å². The maximum atomic E-state index is 13.6. The molecule has 0 radical (unpaired) electrons. The lowest BCUT2D eigenvalue weighted by molar-refractivity contribution is -0.142. The van der Waals surface area contributed by atoms with Gasteiger partial charge in [0.05, 0.1) is 17.9 Å². The number of hydrogen-bond acceptors (Lipinski definition) is 5. The highest BCUT2D eigenvalue weighted by atomic mass is 19.1. The van der Waals surface area contributed by atoms with E-state index in [0.29, 0.717) is 36.1 Å². The summed E-state index contributed by atoms with van der Waals surface area (Å²) in [4.78, 5) is 31.0. The van der Waals surface area contributed by atoms with Crippen LogP contribution in [0.25, 0.3) is 5.57 Å². The normalized spacial score (nSPS) is 21.1. The number of ketones is 1. The molecular formula is C25H27FN2O4. The fourth-order valence-corrected chi connectivity index (χ4v) is 4.28. The van der Waals surface area contributed by atoms with Crippen LogP contribution in [0.2, 0.25) is 0 Å². The molecule has 1 atom stereocenters. The zero-order chi connectivity index (χ0) is 22.9. The van der Waals surface area contributed by atoms with Crippen molar-refractivity contribution in [3.63, 3.8) is 0 Å². The summed E-state index contributed by atoms with van der Waals surface area (Å²) in [6.45, 7) is 6.41. The molecule has 0 bridgehead atoms. The average Bonchev–Trinajstić information content (AvgIpc) is 2.74. The highest BCUT2D eigenvalue weighted by molar-refractivity contribution is 5.99. The van der Waals surface area contributed by atoms with E-state index in [1.54, 1.807) is 23.2 Å². The van der Waals surface area contributed by atoms with Gasteiger partial charge in [-0.2, -0.15) is 0 Å². The van der Waals surface area contributed by atoms with Crippen LogP contribution >= 0.6 is 0 Å². The van der Waals surface area contributed by atoms with E-state index in [-0.39, 0.29) is 30.9 Å². The van der Waals surface area contributed by atoms with Crippen LogP contribution in [0, 0.1) is 12.7 Å². The molecule has 1 saturated heterocycles. The first-order valence-corrected chi connectivity index (χ1v) is 10.8. The topological polar surface area (TPSA) is 68.7 Å². The molecule has 6 nitrogen and oxygen atoms in total. The first kappa shape index (κ1) is 22.1. The number of carbonyl (C=O) groups is 2. The van der Waals surface area contributed by atoms with Crippen molar-refractivity contribution < 1.29 is 23.5 Å². The van der Waals surface area contributed by atoms with Gasteiger partial charge in [-0.25, -0.2) is 4.39 Å². The van der Waals surface area contributed by atoms with Crippen molar-refractivity contribution in [2.45, 2.75) is 51.7 Å². The minimum absolute atomic E-state index is 0.0576. The zero-order valence-electron chi connectivity index (χ0n) is 18.6. The summed E-state index contributed by atoms with van der Waals surface area (Å²) in [6.07, 6.45) is 5.54. The number of carbonyl (C=O) groups excluding carboxylic acids is 2. The average molecular weight is 438 g/mol. The molecule has 2 aromatic rings. The number of benzene rings is 1. The number of hydrogen-bond donors (Lipinski definition) is 0. The number of aryl methyl sites for hydroxylation is 1. The van der Waals surface area contributed by atoms with Crippen LogP contribution in [0.4, 0.5) is 4.39 Å². The molecule has 4 rings (SSSR count). The summed E-state index contributed by atoms with van der Waals surface area (Å²) in [5, 5.41) is 0. The molecule has 0 N–H and O–H groups in total. The van der Waals surface area contributed by atoms with Gasteiger partial charge in [0, 0.05) is 31.1 Å². The summed E-state index contributed by atoms with van der Waals surface area (Å²) >= 11 is 0. The number of rotatable bonds is 4. The number of amides is 1. The van der Waals surface area contributed by atoms with Gasteiger partial charge in [-0.1, -0.05) is 0 Å². The summed E-state index contributed by atoms with van der Waals surface area (Å²) in [7, 11) is 0. The van der Waals surface area contributed by atoms with Crippen molar-refractivity contribution in [2.75, 3.05) is 13.3 Å². The van der Waals surface area contributed by atoms with Gasteiger partial charge in [-0.15, -0.1) is 0 Å². The Morgan fingerprint density at radius 2 is 2.06 bits per heavy atom. The second kappa shape index (κ2) is 8.82. The van der Waals surface area contributed by atoms with E-state index in [1.165, 1.54) is 6.07 Å². The Hall–Kier alpha value is -3.06. The van der Waals surface area contributed by atoms with Crippen LogP contribution in [0.15, 0.2) is 42.7 Å². The van der Waals surface area contributed by atoms with E-state index in [1.807, 2.05) is 32.9 Å². The smallest absolute Gasteiger partial charge is 0.255 e. The van der Waals surface area contributed by atoms with Crippen molar-refractivity contribution in [1.29, 1.82) is 0 Å². The molecule has 2 heterocycles. The quantitative estimate of drug-likeness (QED) is 0.711. The third kappa shape index (κ3) is 4.72. The highest BCUT2D eigenvalue weighted by Crippen LogP contribution is 2.39. The predicted molar refractivity (Wildman–Crippen MR) is 118 cm³/mol. The molecule has 32 heavy (non-hydrogen) atoms. The van der Waals surface area contributed by atoms with Gasteiger partial charge >= 0.3 is 0 Å². The molecule has 1 fully saturated rings. The lowest BCUT2D eigenvalue weighted by atomic mass is 9.79. The van der Waals surface area contributed by atoms with Crippen molar-refractivity contribution in [3.8, 4) is 5.75 Å². The second-order valence-electron chi connectivity index (χ2n) is 8.80. The van der Waals surface area contributed by atoms with E-state index >= 15 is 0 Å². The van der Waals surface area contributed by atoms with Crippen LogP contribution in [0.1, 0.15) is 54.6 Å². The van der Waals surface area contributed by atoms with E-state index in [0.717, 1.165) is 17.5 Å². The minimum Gasteiger partial charge on any atom is -0.491 e. The maximum absolute atomic E-state index is 13.6. The molecule has 1 unspecified atom stereocenters. The molecular weight excluding hydrogens is 411 g/mol. The fourth-order valence-electron chi connectivity index (χ4n) is 4.28. The number of nitrogens with zero attached hydrogens (tertiary/aromatic N) is 2. The van der Waals surface area contributed by atoms with Gasteiger partial charge in [-0.05, 0) is 74.2 Å². The molecule has 2 aliphatic rings. The molecule has 1 amide bonds. The van der Waals surface area contributed by atoms with E-state index in [9.17, 15) is 14.0 Å². The molecule has 0 saturated carbocycles. The first-order valence-electron chi connectivity index (χ1n) is 10.8. The third-order valence-corrected chi connectivity index (χ3v) is 5.86. The van der Waals surface area contributed by atoms with Gasteiger partial charge in [0.1, 0.15) is 18.3 Å². The molecule has 1 aliphatic carbocycles. The van der Waals surface area contributed by atoms with Crippen LogP contribution in [-0.2, 0) is 9.53 Å². The van der Waals surface area contributed by atoms with Crippen molar-refractivity contribution in [2.24, 2.45) is 0 Å². The van der Waals surface area contributed by atoms with E-state index in [2.05, 4.69) is 4.98 Å². The second-order valence-corrected chi connectivity index (χ2v) is 8.80. The van der Waals surface area contributed by atoms with E-state index in [4.69, 9.17) is 9.47 Å². The standard InChI is InChI=1S/C25H27FN2O4/c1-16(2)32-23-5-4-18(8-17(23)3)24(30)28-7-6-25(31-15-28)11-19(10-22(29)12-25)20-9-21(26)14-27-13-20/h4-5,8-10,13-14,16H,6-7,11-12,15H2,1-3H3. The number of halogens is 1. The van der Waals surface area contributed by atoms with Crippen LogP contribution in [0.3, 0.4) is 0 Å². The van der Waals surface area contributed by atoms with Gasteiger partial charge in [0.2, 0.25) is 0 Å². The number of allylic oxidation sites excluding steroid dienone is 1. The summed E-state index contributed by atoms with van der Waals surface area (Å²) in [5.41, 5.74) is 2.08. The van der Waals surface area contributed by atoms with Gasteiger partial charge in [0.15, 0.2) is 5.78 Å². The number of aromatic nitrogens is 1. The third-order valence-electron chi connectivity index (χ3n) is 5.86. The SMILES string of the molecule is Cc1cc(C(=O)N2CCC3(CC(=O)C=C(c4cncc(F)c4)C3)OC2)ccc1OC(C)C. The molecule has 168 valence electrons. The summed E-state index contributed by atoms with van der Waals surface area (Å²) in [6, 6.07) is 6.78. The number of pyridine rings is 1. The summed E-state index contributed by atoms with van der Waals surface area (Å²) in [5.74, 6) is 0.132.